The van der Waals surface area contributed by atoms with Gasteiger partial charge in [0.2, 0.25) is 5.91 Å². The van der Waals surface area contributed by atoms with E-state index >= 15 is 0 Å². The van der Waals surface area contributed by atoms with E-state index in [-0.39, 0.29) is 17.4 Å². The lowest BCUT2D eigenvalue weighted by Gasteiger charge is -2.37. The molecule has 1 aliphatic carbocycles. The van der Waals surface area contributed by atoms with Gasteiger partial charge in [0.1, 0.15) is 0 Å². The first-order valence-electron chi connectivity index (χ1n) is 6.88. The second-order valence-corrected chi connectivity index (χ2v) is 5.72. The molecule has 1 saturated carbocycles. The Hall–Kier alpha value is -1.49. The Labute approximate surface area is 117 Å². The number of benzene rings is 1. The van der Waals surface area contributed by atoms with E-state index in [9.17, 15) is 13.6 Å². The topological polar surface area (TPSA) is 55.1 Å². The molecule has 2 rings (SSSR count). The quantitative estimate of drug-likeness (QED) is 0.892. The lowest BCUT2D eigenvalue weighted by Crippen LogP contribution is -2.51. The van der Waals surface area contributed by atoms with Gasteiger partial charge in [-0.05, 0) is 31.9 Å². The molecule has 3 nitrogen and oxygen atoms in total. The van der Waals surface area contributed by atoms with Gasteiger partial charge in [-0.15, -0.1) is 0 Å². The number of nitrogens with one attached hydrogen (secondary N) is 1. The van der Waals surface area contributed by atoms with E-state index in [1.165, 1.54) is 18.2 Å². The van der Waals surface area contributed by atoms with Crippen LogP contribution in [-0.4, -0.2) is 11.4 Å². The molecular formula is C15H20F2N2O. The summed E-state index contributed by atoms with van der Waals surface area (Å²) in [4.78, 5) is 12.3. The van der Waals surface area contributed by atoms with Crippen LogP contribution in [0.2, 0.25) is 0 Å². The smallest absolute Gasteiger partial charge is 0.263 e. The van der Waals surface area contributed by atoms with Crippen LogP contribution < -0.4 is 11.1 Å². The van der Waals surface area contributed by atoms with Crippen molar-refractivity contribution in [3.63, 3.8) is 0 Å². The van der Waals surface area contributed by atoms with E-state index in [1.54, 1.807) is 6.07 Å². The molecule has 0 aliphatic heterocycles. The van der Waals surface area contributed by atoms with Crippen molar-refractivity contribution in [3.8, 4) is 0 Å². The Morgan fingerprint density at radius 1 is 1.45 bits per heavy atom. The molecule has 0 radical (unpaired) electrons. The maximum absolute atomic E-state index is 12.6. The van der Waals surface area contributed by atoms with Gasteiger partial charge in [0.05, 0.1) is 5.92 Å². The van der Waals surface area contributed by atoms with Crippen LogP contribution in [-0.2, 0) is 4.79 Å². The predicted molar refractivity (Wildman–Crippen MR) is 74.6 cm³/mol. The number of alkyl halides is 2. The molecule has 110 valence electrons. The van der Waals surface area contributed by atoms with Crippen LogP contribution >= 0.6 is 0 Å². The van der Waals surface area contributed by atoms with Gasteiger partial charge in [-0.3, -0.25) is 4.79 Å². The van der Waals surface area contributed by atoms with E-state index < -0.39 is 12.0 Å². The molecule has 1 fully saturated rings. The summed E-state index contributed by atoms with van der Waals surface area (Å²) in [5, 5.41) is 2.71. The molecule has 1 aromatic rings. The maximum Gasteiger partial charge on any atom is 0.263 e. The minimum Gasteiger partial charge on any atom is -0.326 e. The Bertz CT molecular complexity index is 489. The second-order valence-electron chi connectivity index (χ2n) is 5.72. The number of carbonyl (C=O) groups excluding carboxylic acids is 1. The maximum atomic E-state index is 12.6. The van der Waals surface area contributed by atoms with Crippen molar-refractivity contribution < 1.29 is 13.6 Å². The third-order valence-corrected chi connectivity index (χ3v) is 3.98. The Morgan fingerprint density at radius 2 is 2.20 bits per heavy atom. The standard InChI is InChI=1S/C15H20F2N2O/c1-15(18)8-3-2-7-12(15)14(20)19-11-6-4-5-10(9-11)13(16)17/h4-6,9,12-13H,2-3,7-8,18H2,1H3,(H,19,20). The van der Waals surface area contributed by atoms with E-state index in [0.717, 1.165) is 25.7 Å². The number of anilines is 1. The van der Waals surface area contributed by atoms with Crippen LogP contribution in [0, 0.1) is 5.92 Å². The summed E-state index contributed by atoms with van der Waals surface area (Å²) in [6, 6.07) is 5.77. The van der Waals surface area contributed by atoms with Gasteiger partial charge >= 0.3 is 0 Å². The summed E-state index contributed by atoms with van der Waals surface area (Å²) in [6.45, 7) is 1.88. The summed E-state index contributed by atoms with van der Waals surface area (Å²) in [5.74, 6) is -0.451. The van der Waals surface area contributed by atoms with Gasteiger partial charge in [-0.2, -0.15) is 0 Å². The van der Waals surface area contributed by atoms with Crippen LogP contribution in [0.4, 0.5) is 14.5 Å². The number of amides is 1. The highest BCUT2D eigenvalue weighted by Crippen LogP contribution is 2.32. The van der Waals surface area contributed by atoms with Gasteiger partial charge in [-0.25, -0.2) is 8.78 Å². The Kier molecular flexibility index (Phi) is 4.38. The van der Waals surface area contributed by atoms with E-state index in [0.29, 0.717) is 5.69 Å². The van der Waals surface area contributed by atoms with Crippen molar-refractivity contribution in [2.45, 2.75) is 44.6 Å². The van der Waals surface area contributed by atoms with Crippen LogP contribution in [0.1, 0.15) is 44.6 Å². The molecular weight excluding hydrogens is 262 g/mol. The van der Waals surface area contributed by atoms with E-state index in [2.05, 4.69) is 5.32 Å². The van der Waals surface area contributed by atoms with Crippen molar-refractivity contribution >= 4 is 11.6 Å². The number of halogens is 2. The van der Waals surface area contributed by atoms with Gasteiger partial charge in [-0.1, -0.05) is 25.0 Å². The summed E-state index contributed by atoms with van der Waals surface area (Å²) in [6.07, 6.45) is 1.01. The van der Waals surface area contributed by atoms with Gasteiger partial charge in [0, 0.05) is 16.8 Å². The molecule has 0 heterocycles. The normalized spacial score (nSPS) is 26.6. The Balaban J connectivity index is 2.09. The van der Waals surface area contributed by atoms with Crippen molar-refractivity contribution in [2.75, 3.05) is 5.32 Å². The largest absolute Gasteiger partial charge is 0.326 e. The number of hydrogen-bond donors (Lipinski definition) is 2. The number of nitrogens with two attached hydrogens (primary N) is 1. The average molecular weight is 282 g/mol. The third kappa shape index (κ3) is 3.33. The van der Waals surface area contributed by atoms with Crippen LogP contribution in [0.3, 0.4) is 0 Å². The Morgan fingerprint density at radius 3 is 2.85 bits per heavy atom. The summed E-state index contributed by atoms with van der Waals surface area (Å²) >= 11 is 0. The molecule has 1 aliphatic rings. The third-order valence-electron chi connectivity index (χ3n) is 3.98. The second kappa shape index (κ2) is 5.87. The zero-order valence-corrected chi connectivity index (χ0v) is 11.5. The molecule has 5 heteroatoms. The zero-order chi connectivity index (χ0) is 14.8. The lowest BCUT2D eigenvalue weighted by atomic mass is 9.74. The van der Waals surface area contributed by atoms with Crippen molar-refractivity contribution in [1.29, 1.82) is 0 Å². The van der Waals surface area contributed by atoms with Crippen molar-refractivity contribution in [3.05, 3.63) is 29.8 Å². The highest BCUT2D eigenvalue weighted by atomic mass is 19.3. The minimum absolute atomic E-state index is 0.0954. The first-order valence-corrected chi connectivity index (χ1v) is 6.88. The summed E-state index contributed by atoms with van der Waals surface area (Å²) in [5.41, 5.74) is 5.95. The highest BCUT2D eigenvalue weighted by molar-refractivity contribution is 5.93. The number of hydrogen-bond acceptors (Lipinski definition) is 2. The number of carbonyl (C=O) groups is 1. The predicted octanol–water partition coefficient (Wildman–Crippen LogP) is 3.47. The van der Waals surface area contributed by atoms with Crippen molar-refractivity contribution in [2.24, 2.45) is 11.7 Å². The molecule has 0 bridgehead atoms. The molecule has 0 aromatic heterocycles. The summed E-state index contributed by atoms with van der Waals surface area (Å²) < 4.78 is 25.3. The SMILES string of the molecule is CC1(N)CCCCC1C(=O)Nc1cccc(C(F)F)c1. The molecule has 1 aromatic carbocycles. The molecule has 0 saturated heterocycles. The van der Waals surface area contributed by atoms with Gasteiger partial charge < -0.3 is 11.1 Å². The molecule has 2 atom stereocenters. The monoisotopic (exact) mass is 282 g/mol. The van der Waals surface area contributed by atoms with Crippen molar-refractivity contribution in [1.82, 2.24) is 0 Å². The molecule has 1 amide bonds. The average Bonchev–Trinajstić information content (AvgIpc) is 2.38. The fourth-order valence-electron chi connectivity index (χ4n) is 2.77. The molecule has 0 spiro atoms. The lowest BCUT2D eigenvalue weighted by molar-refractivity contribution is -0.122. The molecule has 3 N–H and O–H groups in total. The van der Waals surface area contributed by atoms with E-state index in [4.69, 9.17) is 5.73 Å². The van der Waals surface area contributed by atoms with E-state index in [1.807, 2.05) is 6.92 Å². The minimum atomic E-state index is -2.54. The van der Waals surface area contributed by atoms with Crippen LogP contribution in [0.15, 0.2) is 24.3 Å². The van der Waals surface area contributed by atoms with Gasteiger partial charge in [0.25, 0.3) is 6.43 Å². The highest BCUT2D eigenvalue weighted by Gasteiger charge is 2.37. The summed E-state index contributed by atoms with van der Waals surface area (Å²) in [7, 11) is 0. The molecule has 2 unspecified atom stereocenters. The number of rotatable bonds is 3. The first kappa shape index (κ1) is 14.9. The fourth-order valence-corrected chi connectivity index (χ4v) is 2.77. The zero-order valence-electron chi connectivity index (χ0n) is 11.5. The van der Waals surface area contributed by atoms with Crippen LogP contribution in [0.25, 0.3) is 0 Å². The van der Waals surface area contributed by atoms with Crippen LogP contribution in [0.5, 0.6) is 0 Å². The molecule has 20 heavy (non-hydrogen) atoms. The first-order chi connectivity index (χ1) is 9.40. The fraction of sp³-hybridized carbons (Fsp3) is 0.533. The van der Waals surface area contributed by atoms with Gasteiger partial charge in [0.15, 0.2) is 0 Å².